The van der Waals surface area contributed by atoms with Gasteiger partial charge in [0.1, 0.15) is 6.04 Å². The number of hydrogen-bond donors (Lipinski definition) is 5. The van der Waals surface area contributed by atoms with Gasteiger partial charge in [0.25, 0.3) is 11.8 Å². The summed E-state index contributed by atoms with van der Waals surface area (Å²) in [5.41, 5.74) is 4.27. The van der Waals surface area contributed by atoms with Crippen molar-refractivity contribution in [2.45, 2.75) is 102 Å². The summed E-state index contributed by atoms with van der Waals surface area (Å²) in [6.45, 7) is 0.970. The van der Waals surface area contributed by atoms with Crippen LogP contribution in [0.5, 0.6) is 0 Å². The van der Waals surface area contributed by atoms with E-state index in [9.17, 15) is 28.8 Å². The third-order valence-corrected chi connectivity index (χ3v) is 12.2. The van der Waals surface area contributed by atoms with Crippen LogP contribution in [0.1, 0.15) is 103 Å². The van der Waals surface area contributed by atoms with Crippen molar-refractivity contribution in [1.29, 1.82) is 0 Å². The molecule has 1 atom stereocenters. The third kappa shape index (κ3) is 10.4. The Labute approximate surface area is 371 Å². The Bertz CT molecular complexity index is 2530. The predicted octanol–water partition coefficient (Wildman–Crippen LogP) is 7.56. The normalized spacial score (nSPS) is 18.3. The Morgan fingerprint density at radius 1 is 0.781 bits per heavy atom. The molecule has 3 heterocycles. The van der Waals surface area contributed by atoms with Gasteiger partial charge in [0.2, 0.25) is 23.7 Å². The topological polar surface area (TPSA) is 195 Å². The minimum Gasteiger partial charge on any atom is -0.384 e. The lowest BCUT2D eigenvalue weighted by atomic mass is 9.90. The molecule has 1 saturated heterocycles. The predicted molar refractivity (Wildman–Crippen MR) is 245 cm³/mol. The molecule has 1 aliphatic carbocycles. The van der Waals surface area contributed by atoms with Gasteiger partial charge in [-0.2, -0.15) is 0 Å². The number of urea groups is 1. The fourth-order valence-electron chi connectivity index (χ4n) is 8.84. The summed E-state index contributed by atoms with van der Waals surface area (Å²) < 4.78 is 0. The molecule has 1 saturated carbocycles. The zero-order chi connectivity index (χ0) is 44.4. The van der Waals surface area contributed by atoms with Crippen LogP contribution >= 0.6 is 0 Å². The van der Waals surface area contributed by atoms with Crippen LogP contribution in [0.3, 0.4) is 0 Å². The Hall–Kier alpha value is -7.16. The molecule has 0 spiro atoms. The van der Waals surface area contributed by atoms with Crippen LogP contribution in [0.2, 0.25) is 0 Å². The van der Waals surface area contributed by atoms with Crippen molar-refractivity contribution in [1.82, 2.24) is 25.5 Å². The van der Waals surface area contributed by atoms with Gasteiger partial charge in [-0.3, -0.25) is 39.1 Å². The minimum atomic E-state index is -1.01. The van der Waals surface area contributed by atoms with Crippen molar-refractivity contribution >= 4 is 69.5 Å². The highest BCUT2D eigenvalue weighted by Crippen LogP contribution is 2.33. The second-order valence-electron chi connectivity index (χ2n) is 16.6. The van der Waals surface area contributed by atoms with Crippen molar-refractivity contribution in [3.63, 3.8) is 0 Å². The Morgan fingerprint density at radius 3 is 2.38 bits per heavy atom. The molecule has 5 N–H and O–H groups in total. The number of carbonyl (C=O) groups excluding carboxylic acids is 6. The zero-order valence-electron chi connectivity index (χ0n) is 35.7. The van der Waals surface area contributed by atoms with Crippen LogP contribution in [0.25, 0.3) is 10.9 Å². The smallest absolute Gasteiger partial charge is 0.322 e. The number of carbonyl (C=O) groups is 6. The molecule has 2 fully saturated rings. The fourth-order valence-corrected chi connectivity index (χ4v) is 8.84. The van der Waals surface area contributed by atoms with Crippen LogP contribution in [0.15, 0.2) is 103 Å². The Morgan fingerprint density at radius 2 is 1.55 bits per heavy atom. The van der Waals surface area contributed by atoms with E-state index in [1.165, 1.54) is 0 Å². The first-order chi connectivity index (χ1) is 31.2. The molecule has 330 valence electrons. The van der Waals surface area contributed by atoms with Gasteiger partial charge in [0.15, 0.2) is 0 Å². The number of nitrogens with zero attached hydrogens (tertiary/aromatic N) is 4. The summed E-state index contributed by atoms with van der Waals surface area (Å²) in [6, 6.07) is 29.2. The molecule has 5 aromatic rings. The second kappa shape index (κ2) is 20.4. The molecule has 2 aliphatic heterocycles. The van der Waals surface area contributed by atoms with Crippen LogP contribution in [-0.4, -0.2) is 75.1 Å². The average Bonchev–Trinajstić information content (AvgIpc) is 3.56. The monoisotopic (exact) mass is 863 g/mol. The molecule has 3 aliphatic rings. The number of hydrogen-bond acceptors (Lipinski definition) is 10. The van der Waals surface area contributed by atoms with Crippen molar-refractivity contribution in [2.75, 3.05) is 27.4 Å². The summed E-state index contributed by atoms with van der Waals surface area (Å²) in [5, 5.41) is 16.2. The van der Waals surface area contributed by atoms with E-state index in [0.29, 0.717) is 48.9 Å². The number of nitrogens with one attached hydrogen (secondary N) is 5. The maximum absolute atomic E-state index is 14.0. The number of anilines is 4. The molecule has 0 radical (unpaired) electrons. The van der Waals surface area contributed by atoms with Crippen molar-refractivity contribution < 1.29 is 28.8 Å². The minimum absolute atomic E-state index is 0.0527. The number of piperidine rings is 1. The number of aromatic nitrogens is 2. The molecule has 15 heteroatoms. The second-order valence-corrected chi connectivity index (χ2v) is 16.6. The highest BCUT2D eigenvalue weighted by Gasteiger charge is 2.45. The summed E-state index contributed by atoms with van der Waals surface area (Å²) in [5.74, 6) is -1.61. The van der Waals surface area contributed by atoms with E-state index in [0.717, 1.165) is 72.7 Å². The summed E-state index contributed by atoms with van der Waals surface area (Å²) >= 11 is 0. The Kier molecular flexibility index (Phi) is 13.8. The summed E-state index contributed by atoms with van der Waals surface area (Å²) in [4.78, 5) is 89.7. The first-order valence-corrected chi connectivity index (χ1v) is 22.3. The van der Waals surface area contributed by atoms with Gasteiger partial charge < -0.3 is 21.3 Å². The van der Waals surface area contributed by atoms with Crippen molar-refractivity contribution in [3.05, 3.63) is 120 Å². The van der Waals surface area contributed by atoms with Crippen molar-refractivity contribution in [3.8, 4) is 0 Å². The molecule has 0 bridgehead atoms. The molecule has 1 aromatic heterocycles. The molecular formula is C49H53N9O6. The standard InChI is InChI=1S/C49H53N9O6/c59-42(21-7-2-1-3-10-28-50-40-20-12-18-38-44(40)47(63)58(46(38)62)41-26-27-43(60)56-45(41)61)53-35-16-11-17-37(29-35)57(49(64)52-30-32-13-5-4-6-14-32)36-24-22-34(23-25-36)54-48-51-31-33-15-8-9-19-39(33)55-48/h4-6,8-9,11-20,29,31,34,36,41,50H,1-3,7,10,21-28,30H2,(H,52,64)(H,53,59)(H,51,54,55)(H,56,60,61). The number of fused-ring (bicyclic) bond motifs is 2. The lowest BCUT2D eigenvalue weighted by Gasteiger charge is -2.37. The van der Waals surface area contributed by atoms with E-state index in [1.54, 1.807) is 18.2 Å². The van der Waals surface area contributed by atoms with Gasteiger partial charge in [0.05, 0.1) is 16.6 Å². The molecule has 64 heavy (non-hydrogen) atoms. The number of benzene rings is 4. The van der Waals surface area contributed by atoms with Crippen molar-refractivity contribution in [2.24, 2.45) is 0 Å². The SMILES string of the molecule is O=C1CCC(N2C(=O)c3cccc(NCCCCCCCC(=O)Nc4cccc(N(C(=O)NCc5ccccc5)C5CCC(Nc6ncc7ccccc7n6)CC5)c4)c3C2=O)C(=O)N1. The fraction of sp³-hybridized carbons (Fsp3) is 0.347. The molecular weight excluding hydrogens is 811 g/mol. The van der Waals surface area contributed by atoms with E-state index < -0.39 is 29.7 Å². The highest BCUT2D eigenvalue weighted by molar-refractivity contribution is 6.25. The van der Waals surface area contributed by atoms with Gasteiger partial charge in [-0.25, -0.2) is 14.8 Å². The van der Waals surface area contributed by atoms with Crippen LogP contribution < -0.4 is 31.5 Å². The zero-order valence-corrected chi connectivity index (χ0v) is 35.7. The van der Waals surface area contributed by atoms with E-state index >= 15 is 0 Å². The molecule has 7 amide bonds. The lowest BCUT2D eigenvalue weighted by molar-refractivity contribution is -0.136. The molecule has 4 aromatic carbocycles. The highest BCUT2D eigenvalue weighted by atomic mass is 16.2. The van der Waals surface area contributed by atoms with Crippen LogP contribution in [-0.2, 0) is 20.9 Å². The van der Waals surface area contributed by atoms with E-state index in [-0.39, 0.29) is 48.0 Å². The summed E-state index contributed by atoms with van der Waals surface area (Å²) in [6.07, 6.45) is 9.79. The first kappa shape index (κ1) is 43.5. The lowest BCUT2D eigenvalue weighted by Crippen LogP contribution is -2.54. The van der Waals surface area contributed by atoms with E-state index in [4.69, 9.17) is 4.98 Å². The van der Waals surface area contributed by atoms with E-state index in [2.05, 4.69) is 31.6 Å². The number of imide groups is 2. The molecule has 8 rings (SSSR count). The number of para-hydroxylation sites is 1. The van der Waals surface area contributed by atoms with Gasteiger partial charge in [-0.1, -0.05) is 79.9 Å². The number of rotatable bonds is 17. The number of amides is 7. The molecule has 15 nitrogen and oxygen atoms in total. The number of unbranched alkanes of at least 4 members (excludes halogenated alkanes) is 4. The average molecular weight is 864 g/mol. The summed E-state index contributed by atoms with van der Waals surface area (Å²) in [7, 11) is 0. The van der Waals surface area contributed by atoms with Gasteiger partial charge in [0, 0.05) is 66.7 Å². The van der Waals surface area contributed by atoms with E-state index in [1.807, 2.05) is 90.0 Å². The van der Waals surface area contributed by atoms with Gasteiger partial charge >= 0.3 is 6.03 Å². The third-order valence-electron chi connectivity index (χ3n) is 12.2. The van der Waals surface area contributed by atoms with Crippen LogP contribution in [0.4, 0.5) is 27.8 Å². The van der Waals surface area contributed by atoms with Gasteiger partial charge in [-0.15, -0.1) is 0 Å². The van der Waals surface area contributed by atoms with Crippen LogP contribution in [0, 0.1) is 0 Å². The van der Waals surface area contributed by atoms with Gasteiger partial charge in [-0.05, 0) is 86.9 Å². The quantitative estimate of drug-likeness (QED) is 0.0460. The molecule has 1 unspecified atom stereocenters. The first-order valence-electron chi connectivity index (χ1n) is 22.3. The maximum Gasteiger partial charge on any atom is 0.322 e. The largest absolute Gasteiger partial charge is 0.384 e. The maximum atomic E-state index is 14.0. The Balaban J connectivity index is 0.796.